The molecule has 2 rings (SSSR count). The minimum atomic E-state index is -0.383. The van der Waals surface area contributed by atoms with Crippen molar-refractivity contribution in [2.24, 2.45) is 0 Å². The number of benzene rings is 2. The van der Waals surface area contributed by atoms with Crippen LogP contribution in [0.4, 0.5) is 0 Å². The number of aryl methyl sites for hydroxylation is 1. The van der Waals surface area contributed by atoms with Gasteiger partial charge in [-0.1, -0.05) is 12.1 Å². The maximum atomic E-state index is 12.1. The maximum Gasteiger partial charge on any atom is 0.269 e. The average molecular weight is 312 g/mol. The van der Waals surface area contributed by atoms with E-state index in [-0.39, 0.29) is 11.8 Å². The number of hydrogen-bond acceptors (Lipinski definition) is 3. The van der Waals surface area contributed by atoms with Crippen LogP contribution in [0.3, 0.4) is 0 Å². The molecule has 0 heterocycles. The van der Waals surface area contributed by atoms with E-state index in [1.165, 1.54) is 0 Å². The first-order valence-electron chi connectivity index (χ1n) is 7.42. The molecule has 2 N–H and O–H groups in total. The number of rotatable bonds is 4. The highest BCUT2D eigenvalue weighted by atomic mass is 16.5. The predicted octanol–water partition coefficient (Wildman–Crippen LogP) is 2.78. The Kier molecular flexibility index (Phi) is 5.36. The van der Waals surface area contributed by atoms with Crippen molar-refractivity contribution >= 4 is 11.8 Å². The fraction of sp³-hybridized carbons (Fsp3) is 0.222. The van der Waals surface area contributed by atoms with Crippen LogP contribution in [0.5, 0.6) is 5.75 Å². The van der Waals surface area contributed by atoms with Crippen LogP contribution in [-0.2, 0) is 0 Å². The lowest BCUT2D eigenvalue weighted by Crippen LogP contribution is -2.41. The summed E-state index contributed by atoms with van der Waals surface area (Å²) in [7, 11) is 0. The zero-order valence-electron chi connectivity index (χ0n) is 13.5. The second kappa shape index (κ2) is 7.45. The molecule has 0 spiro atoms. The molecule has 120 valence electrons. The highest BCUT2D eigenvalue weighted by Crippen LogP contribution is 2.13. The molecule has 0 aromatic heterocycles. The third-order valence-electron chi connectivity index (χ3n) is 3.57. The van der Waals surface area contributed by atoms with Crippen LogP contribution in [0, 0.1) is 13.8 Å². The molecule has 0 saturated heterocycles. The summed E-state index contributed by atoms with van der Waals surface area (Å²) in [5.41, 5.74) is 7.74. The Morgan fingerprint density at radius 2 is 1.61 bits per heavy atom. The van der Waals surface area contributed by atoms with Crippen LogP contribution in [0.25, 0.3) is 0 Å². The number of amides is 2. The number of carbonyl (C=O) groups is 2. The van der Waals surface area contributed by atoms with Gasteiger partial charge in [-0.2, -0.15) is 0 Å². The molecule has 2 aromatic rings. The summed E-state index contributed by atoms with van der Waals surface area (Å²) in [6, 6.07) is 12.2. The third kappa shape index (κ3) is 4.10. The van der Waals surface area contributed by atoms with Gasteiger partial charge < -0.3 is 4.74 Å². The van der Waals surface area contributed by atoms with Gasteiger partial charge in [0.15, 0.2) is 0 Å². The van der Waals surface area contributed by atoms with E-state index in [0.29, 0.717) is 23.5 Å². The van der Waals surface area contributed by atoms with Crippen LogP contribution >= 0.6 is 0 Å². The van der Waals surface area contributed by atoms with E-state index in [2.05, 4.69) is 10.9 Å². The Labute approximate surface area is 135 Å². The summed E-state index contributed by atoms with van der Waals surface area (Å²) >= 11 is 0. The third-order valence-corrected chi connectivity index (χ3v) is 3.57. The molecule has 0 bridgehead atoms. The second-order valence-corrected chi connectivity index (χ2v) is 5.11. The zero-order chi connectivity index (χ0) is 16.8. The lowest BCUT2D eigenvalue weighted by atomic mass is 10.0. The van der Waals surface area contributed by atoms with E-state index in [4.69, 9.17) is 4.74 Å². The van der Waals surface area contributed by atoms with Crippen molar-refractivity contribution < 1.29 is 14.3 Å². The first-order valence-corrected chi connectivity index (χ1v) is 7.42. The van der Waals surface area contributed by atoms with Crippen molar-refractivity contribution in [3.63, 3.8) is 0 Å². The Hall–Kier alpha value is -2.82. The number of carbonyl (C=O) groups excluding carboxylic acids is 2. The van der Waals surface area contributed by atoms with Crippen molar-refractivity contribution in [2.45, 2.75) is 20.8 Å². The van der Waals surface area contributed by atoms with Crippen LogP contribution < -0.4 is 15.6 Å². The Bertz CT molecular complexity index is 709. The van der Waals surface area contributed by atoms with Gasteiger partial charge in [0.05, 0.1) is 6.61 Å². The minimum absolute atomic E-state index is 0.342. The van der Waals surface area contributed by atoms with Crippen LogP contribution in [0.2, 0.25) is 0 Å². The van der Waals surface area contributed by atoms with Crippen molar-refractivity contribution in [3.8, 4) is 5.75 Å². The quantitative estimate of drug-likeness (QED) is 0.853. The van der Waals surface area contributed by atoms with E-state index in [9.17, 15) is 9.59 Å². The number of nitrogens with one attached hydrogen (secondary N) is 2. The molecule has 5 heteroatoms. The molecule has 0 atom stereocenters. The SMILES string of the molecule is CCOc1ccc(C(=O)NNC(=O)c2cccc(C)c2C)cc1. The van der Waals surface area contributed by atoms with Crippen molar-refractivity contribution in [1.82, 2.24) is 10.9 Å². The van der Waals surface area contributed by atoms with Gasteiger partial charge in [-0.15, -0.1) is 0 Å². The molecule has 0 aliphatic heterocycles. The average Bonchev–Trinajstić information content (AvgIpc) is 2.56. The number of ether oxygens (including phenoxy) is 1. The van der Waals surface area contributed by atoms with Gasteiger partial charge in [-0.25, -0.2) is 0 Å². The van der Waals surface area contributed by atoms with Crippen LogP contribution in [-0.4, -0.2) is 18.4 Å². The molecule has 0 radical (unpaired) electrons. The Morgan fingerprint density at radius 3 is 2.26 bits per heavy atom. The molecule has 0 aliphatic rings. The molecule has 0 aliphatic carbocycles. The van der Waals surface area contributed by atoms with E-state index in [1.54, 1.807) is 30.3 Å². The summed E-state index contributed by atoms with van der Waals surface area (Å²) in [5, 5.41) is 0. The lowest BCUT2D eigenvalue weighted by Gasteiger charge is -2.11. The lowest BCUT2D eigenvalue weighted by molar-refractivity contribution is 0.0846. The van der Waals surface area contributed by atoms with Crippen molar-refractivity contribution in [1.29, 1.82) is 0 Å². The molecule has 23 heavy (non-hydrogen) atoms. The summed E-state index contributed by atoms with van der Waals surface area (Å²) in [5.74, 6) is -0.0272. The van der Waals surface area contributed by atoms with Gasteiger partial charge >= 0.3 is 0 Å². The van der Waals surface area contributed by atoms with Crippen molar-refractivity contribution in [2.75, 3.05) is 6.61 Å². The number of hydrogen-bond donors (Lipinski definition) is 2. The first-order chi connectivity index (χ1) is 11.0. The van der Waals surface area contributed by atoms with Crippen molar-refractivity contribution in [3.05, 3.63) is 64.7 Å². The van der Waals surface area contributed by atoms with Gasteiger partial charge in [-0.3, -0.25) is 20.4 Å². The minimum Gasteiger partial charge on any atom is -0.494 e. The monoisotopic (exact) mass is 312 g/mol. The molecular formula is C18H20N2O3. The van der Waals surface area contributed by atoms with Gasteiger partial charge in [0, 0.05) is 11.1 Å². The predicted molar refractivity (Wildman–Crippen MR) is 88.5 cm³/mol. The highest BCUT2D eigenvalue weighted by molar-refractivity contribution is 5.99. The summed E-state index contributed by atoms with van der Waals surface area (Å²) in [4.78, 5) is 24.2. The molecule has 5 nitrogen and oxygen atoms in total. The first kappa shape index (κ1) is 16.5. The normalized spacial score (nSPS) is 10.0. The van der Waals surface area contributed by atoms with Crippen LogP contribution in [0.15, 0.2) is 42.5 Å². The molecule has 0 saturated carbocycles. The summed E-state index contributed by atoms with van der Waals surface area (Å²) in [6.07, 6.45) is 0. The Balaban J connectivity index is 1.98. The zero-order valence-corrected chi connectivity index (χ0v) is 13.5. The van der Waals surface area contributed by atoms with E-state index < -0.39 is 0 Å². The summed E-state index contributed by atoms with van der Waals surface area (Å²) in [6.45, 7) is 6.27. The molecule has 0 unspecified atom stereocenters. The largest absolute Gasteiger partial charge is 0.494 e. The van der Waals surface area contributed by atoms with Crippen LogP contribution in [0.1, 0.15) is 38.8 Å². The molecule has 2 aromatic carbocycles. The summed E-state index contributed by atoms with van der Waals surface area (Å²) < 4.78 is 5.32. The van der Waals surface area contributed by atoms with E-state index in [1.807, 2.05) is 32.9 Å². The molecule has 0 fully saturated rings. The highest BCUT2D eigenvalue weighted by Gasteiger charge is 2.12. The van der Waals surface area contributed by atoms with E-state index >= 15 is 0 Å². The van der Waals surface area contributed by atoms with Gasteiger partial charge in [0.1, 0.15) is 5.75 Å². The maximum absolute atomic E-state index is 12.1. The fourth-order valence-corrected chi connectivity index (χ4v) is 2.12. The smallest absolute Gasteiger partial charge is 0.269 e. The molecule has 2 amide bonds. The standard InChI is InChI=1S/C18H20N2O3/c1-4-23-15-10-8-14(9-11-15)17(21)19-20-18(22)16-7-5-6-12(2)13(16)3/h5-11H,4H2,1-3H3,(H,19,21)(H,20,22). The second-order valence-electron chi connectivity index (χ2n) is 5.11. The van der Waals surface area contributed by atoms with E-state index in [0.717, 1.165) is 11.1 Å². The fourth-order valence-electron chi connectivity index (χ4n) is 2.12. The topological polar surface area (TPSA) is 67.4 Å². The van der Waals surface area contributed by atoms with Gasteiger partial charge in [0.25, 0.3) is 11.8 Å². The van der Waals surface area contributed by atoms with Gasteiger partial charge in [-0.05, 0) is 62.2 Å². The number of hydrazine groups is 1. The molecular weight excluding hydrogens is 292 g/mol. The Morgan fingerprint density at radius 1 is 0.957 bits per heavy atom. The van der Waals surface area contributed by atoms with Gasteiger partial charge in [0.2, 0.25) is 0 Å².